The van der Waals surface area contributed by atoms with Gasteiger partial charge in [0.2, 0.25) is 0 Å². The van der Waals surface area contributed by atoms with Gasteiger partial charge in [-0.3, -0.25) is 4.79 Å². The summed E-state index contributed by atoms with van der Waals surface area (Å²) in [5, 5.41) is 8.80. The first-order valence-corrected chi connectivity index (χ1v) is 8.70. The molecule has 2 aromatic rings. The Morgan fingerprint density at radius 2 is 1.96 bits per heavy atom. The maximum atomic E-state index is 13.2. The lowest BCUT2D eigenvalue weighted by molar-refractivity contribution is -0.139. The highest BCUT2D eigenvalue weighted by Gasteiger charge is 2.37. The van der Waals surface area contributed by atoms with Gasteiger partial charge in [-0.25, -0.2) is 4.79 Å². The molecule has 1 amide bonds. The number of benzene rings is 1. The highest BCUT2D eigenvalue weighted by Crippen LogP contribution is 2.36. The Hall–Kier alpha value is -2.76. The number of ether oxygens (including phenoxy) is 1. The smallest absolute Gasteiger partial charge is 0.341 e. The number of rotatable bonds is 7. The number of hydrogen-bond acceptors (Lipinski definition) is 4. The van der Waals surface area contributed by atoms with Crippen LogP contribution in [0.5, 0.6) is 5.75 Å². The number of aliphatic carboxylic acids is 1. The summed E-state index contributed by atoms with van der Waals surface area (Å²) in [7, 11) is 0. The van der Waals surface area contributed by atoms with Gasteiger partial charge in [-0.15, -0.1) is 0 Å². The van der Waals surface area contributed by atoms with Crippen LogP contribution in [0.1, 0.15) is 53.1 Å². The van der Waals surface area contributed by atoms with Crippen LogP contribution in [-0.2, 0) is 4.79 Å². The number of carboxylic acids is 1. The predicted octanol–water partition coefficient (Wildman–Crippen LogP) is 3.73. The van der Waals surface area contributed by atoms with E-state index in [4.69, 9.17) is 14.3 Å². The van der Waals surface area contributed by atoms with E-state index in [1.165, 1.54) is 0 Å². The normalized spacial score (nSPS) is 14.7. The molecule has 0 saturated heterocycles. The third kappa shape index (κ3) is 3.74. The average molecular weight is 357 g/mol. The minimum absolute atomic E-state index is 0.0487. The molecule has 6 nitrogen and oxygen atoms in total. The molecule has 1 aromatic heterocycles. The zero-order chi connectivity index (χ0) is 18.8. The van der Waals surface area contributed by atoms with Gasteiger partial charge in [0, 0.05) is 11.6 Å². The first-order valence-electron chi connectivity index (χ1n) is 8.70. The average Bonchev–Trinajstić information content (AvgIpc) is 3.25. The van der Waals surface area contributed by atoms with Crippen LogP contribution >= 0.6 is 0 Å². The van der Waals surface area contributed by atoms with E-state index in [0.717, 1.165) is 29.7 Å². The monoisotopic (exact) mass is 357 g/mol. The van der Waals surface area contributed by atoms with Crippen molar-refractivity contribution < 1.29 is 23.8 Å². The van der Waals surface area contributed by atoms with E-state index in [0.29, 0.717) is 11.3 Å². The molecule has 138 valence electrons. The Morgan fingerprint density at radius 3 is 2.46 bits per heavy atom. The fourth-order valence-electron chi connectivity index (χ4n) is 3.26. The minimum atomic E-state index is -1.03. The van der Waals surface area contributed by atoms with Crippen molar-refractivity contribution in [3.05, 3.63) is 53.0 Å². The molecule has 0 aliphatic heterocycles. The quantitative estimate of drug-likeness (QED) is 0.817. The molecule has 1 saturated carbocycles. The lowest BCUT2D eigenvalue weighted by Gasteiger charge is -2.28. The van der Waals surface area contributed by atoms with Crippen molar-refractivity contribution >= 4 is 11.9 Å². The van der Waals surface area contributed by atoms with Gasteiger partial charge in [0.15, 0.2) is 6.61 Å². The summed E-state index contributed by atoms with van der Waals surface area (Å²) in [6.45, 7) is 5.20. The molecule has 26 heavy (non-hydrogen) atoms. The summed E-state index contributed by atoms with van der Waals surface area (Å²) in [6.07, 6.45) is 3.60. The van der Waals surface area contributed by atoms with Crippen LogP contribution in [0.3, 0.4) is 0 Å². The Bertz CT molecular complexity index is 785. The molecule has 0 spiro atoms. The molecule has 1 atom stereocenters. The summed E-state index contributed by atoms with van der Waals surface area (Å²) in [5.74, 6) is 0.199. The van der Waals surface area contributed by atoms with Crippen LogP contribution in [0.4, 0.5) is 0 Å². The van der Waals surface area contributed by atoms with Gasteiger partial charge in [0.05, 0.1) is 12.3 Å². The summed E-state index contributed by atoms with van der Waals surface area (Å²) < 4.78 is 10.8. The Kier molecular flexibility index (Phi) is 5.02. The van der Waals surface area contributed by atoms with Gasteiger partial charge in [-0.2, -0.15) is 0 Å². The van der Waals surface area contributed by atoms with E-state index in [1.54, 1.807) is 18.4 Å². The first kappa shape index (κ1) is 18.0. The second kappa shape index (κ2) is 7.23. The zero-order valence-electron chi connectivity index (χ0n) is 15.2. The van der Waals surface area contributed by atoms with E-state index in [-0.39, 0.29) is 18.0 Å². The molecule has 1 unspecified atom stereocenters. The second-order valence-corrected chi connectivity index (χ2v) is 6.76. The maximum absolute atomic E-state index is 13.2. The van der Waals surface area contributed by atoms with Crippen molar-refractivity contribution in [2.45, 2.75) is 45.7 Å². The van der Waals surface area contributed by atoms with Crippen molar-refractivity contribution in [1.29, 1.82) is 0 Å². The molecule has 1 aromatic carbocycles. The number of carbonyl (C=O) groups is 2. The topological polar surface area (TPSA) is 80.0 Å². The number of amides is 1. The molecular formula is C20H23NO5. The van der Waals surface area contributed by atoms with Gasteiger partial charge in [-0.05, 0) is 69.0 Å². The fraction of sp³-hybridized carbons (Fsp3) is 0.400. The number of aryl methyl sites for hydroxylation is 2. The third-order valence-electron chi connectivity index (χ3n) is 4.59. The second-order valence-electron chi connectivity index (χ2n) is 6.76. The number of carbonyl (C=O) groups excluding carboxylic acids is 1. The molecule has 1 N–H and O–H groups in total. The predicted molar refractivity (Wildman–Crippen MR) is 95.4 cm³/mol. The van der Waals surface area contributed by atoms with Crippen LogP contribution in [0.2, 0.25) is 0 Å². The van der Waals surface area contributed by atoms with E-state index in [1.807, 2.05) is 37.8 Å². The minimum Gasteiger partial charge on any atom is -0.481 e. The van der Waals surface area contributed by atoms with Gasteiger partial charge >= 0.3 is 5.97 Å². The molecule has 0 bridgehead atoms. The number of hydrogen-bond donors (Lipinski definition) is 1. The Labute approximate surface area is 152 Å². The molecular weight excluding hydrogens is 334 g/mol. The van der Waals surface area contributed by atoms with Gasteiger partial charge in [0.1, 0.15) is 11.5 Å². The van der Waals surface area contributed by atoms with Crippen molar-refractivity contribution in [2.75, 3.05) is 6.61 Å². The van der Waals surface area contributed by atoms with E-state index >= 15 is 0 Å². The van der Waals surface area contributed by atoms with Crippen LogP contribution in [0, 0.1) is 13.8 Å². The van der Waals surface area contributed by atoms with Crippen molar-refractivity contribution in [2.24, 2.45) is 0 Å². The third-order valence-corrected chi connectivity index (χ3v) is 4.59. The lowest BCUT2D eigenvalue weighted by Crippen LogP contribution is -2.35. The van der Waals surface area contributed by atoms with Crippen molar-refractivity contribution in [3.63, 3.8) is 0 Å². The molecule has 1 fully saturated rings. The van der Waals surface area contributed by atoms with Crippen molar-refractivity contribution in [3.8, 4) is 5.75 Å². The Morgan fingerprint density at radius 1 is 1.31 bits per heavy atom. The summed E-state index contributed by atoms with van der Waals surface area (Å²) >= 11 is 0. The molecule has 3 rings (SSSR count). The van der Waals surface area contributed by atoms with E-state index in [9.17, 15) is 9.59 Å². The number of furan rings is 1. The van der Waals surface area contributed by atoms with Crippen LogP contribution < -0.4 is 4.74 Å². The number of nitrogens with zero attached hydrogens (tertiary/aromatic N) is 1. The highest BCUT2D eigenvalue weighted by atomic mass is 16.5. The van der Waals surface area contributed by atoms with Gasteiger partial charge < -0.3 is 19.2 Å². The molecule has 0 radical (unpaired) electrons. The molecule has 1 aliphatic carbocycles. The van der Waals surface area contributed by atoms with E-state index in [2.05, 4.69) is 0 Å². The fourth-order valence-corrected chi connectivity index (χ4v) is 3.26. The van der Waals surface area contributed by atoms with Crippen LogP contribution in [0.15, 0.2) is 34.9 Å². The van der Waals surface area contributed by atoms with Gasteiger partial charge in [0.25, 0.3) is 5.91 Å². The standard InChI is InChI=1S/C20H23NO5/c1-12-9-15(10-13(2)19(12)26-11-18(22)23)20(24)21(16-6-7-16)14(3)17-5-4-8-25-17/h4-5,8-10,14,16H,6-7,11H2,1-3H3,(H,22,23). The summed E-state index contributed by atoms with van der Waals surface area (Å²) in [4.78, 5) is 25.8. The highest BCUT2D eigenvalue weighted by molar-refractivity contribution is 5.95. The zero-order valence-corrected chi connectivity index (χ0v) is 15.2. The van der Waals surface area contributed by atoms with Crippen molar-refractivity contribution in [1.82, 2.24) is 4.90 Å². The largest absolute Gasteiger partial charge is 0.481 e. The first-order chi connectivity index (χ1) is 12.4. The summed E-state index contributed by atoms with van der Waals surface area (Å²) in [6, 6.07) is 7.31. The van der Waals surface area contributed by atoms with Crippen LogP contribution in [0.25, 0.3) is 0 Å². The maximum Gasteiger partial charge on any atom is 0.341 e. The SMILES string of the molecule is Cc1cc(C(=O)N(C2CC2)C(C)c2ccco2)cc(C)c1OCC(=O)O. The lowest BCUT2D eigenvalue weighted by atomic mass is 10.0. The molecule has 6 heteroatoms. The van der Waals surface area contributed by atoms with Crippen LogP contribution in [-0.4, -0.2) is 34.5 Å². The summed E-state index contributed by atoms with van der Waals surface area (Å²) in [5.41, 5.74) is 2.07. The van der Waals surface area contributed by atoms with Gasteiger partial charge in [-0.1, -0.05) is 0 Å². The molecule has 1 aliphatic rings. The number of carboxylic acid groups (broad SMARTS) is 1. The Balaban J connectivity index is 1.87. The van der Waals surface area contributed by atoms with E-state index < -0.39 is 12.6 Å². The molecule has 1 heterocycles.